The monoisotopic (exact) mass is 232 g/mol. The van der Waals surface area contributed by atoms with Gasteiger partial charge in [0.05, 0.1) is 6.04 Å². The Morgan fingerprint density at radius 3 is 3.00 bits per heavy atom. The number of hydrogen-bond acceptors (Lipinski definition) is 5. The molecule has 5 nitrogen and oxygen atoms in total. The normalized spacial score (nSPS) is 12.6. The van der Waals surface area contributed by atoms with E-state index < -0.39 is 0 Å². The van der Waals surface area contributed by atoms with Gasteiger partial charge in [-0.3, -0.25) is 4.98 Å². The summed E-state index contributed by atoms with van der Waals surface area (Å²) in [5, 5.41) is 7.03. The van der Waals surface area contributed by atoms with Crippen molar-refractivity contribution in [2.75, 3.05) is 7.05 Å². The van der Waals surface area contributed by atoms with Gasteiger partial charge in [-0.15, -0.1) is 0 Å². The molecule has 0 aliphatic carbocycles. The van der Waals surface area contributed by atoms with Gasteiger partial charge in [0, 0.05) is 6.20 Å². The number of nitrogens with one attached hydrogen (secondary N) is 1. The van der Waals surface area contributed by atoms with Crippen molar-refractivity contribution in [3.8, 4) is 11.5 Å². The molecule has 2 heterocycles. The minimum absolute atomic E-state index is 0.0463. The van der Waals surface area contributed by atoms with E-state index in [1.165, 1.54) is 0 Å². The summed E-state index contributed by atoms with van der Waals surface area (Å²) in [6.07, 6.45) is 2.64. The second kappa shape index (κ2) is 5.05. The molecule has 1 atom stereocenters. The Morgan fingerprint density at radius 1 is 1.47 bits per heavy atom. The van der Waals surface area contributed by atoms with Crippen LogP contribution in [0.5, 0.6) is 0 Å². The molecule has 0 saturated heterocycles. The molecular formula is C12H16N4O. The van der Waals surface area contributed by atoms with Crippen LogP contribution in [0.4, 0.5) is 0 Å². The van der Waals surface area contributed by atoms with Gasteiger partial charge in [-0.1, -0.05) is 18.1 Å². The van der Waals surface area contributed by atoms with Crippen LogP contribution < -0.4 is 5.32 Å². The maximum Gasteiger partial charge on any atom is 0.243 e. The van der Waals surface area contributed by atoms with Gasteiger partial charge in [-0.25, -0.2) is 0 Å². The third kappa shape index (κ3) is 2.34. The zero-order chi connectivity index (χ0) is 12.3. The van der Waals surface area contributed by atoms with E-state index >= 15 is 0 Å². The van der Waals surface area contributed by atoms with Crippen molar-refractivity contribution in [2.45, 2.75) is 26.3 Å². The first-order valence-electron chi connectivity index (χ1n) is 5.71. The predicted molar refractivity (Wildman–Crippen MR) is 64.4 cm³/mol. The zero-order valence-electron chi connectivity index (χ0n) is 10.3. The van der Waals surface area contributed by atoms with Crippen molar-refractivity contribution in [3.63, 3.8) is 0 Å². The van der Waals surface area contributed by atoms with E-state index in [1.807, 2.05) is 26.1 Å². The van der Waals surface area contributed by atoms with Crippen molar-refractivity contribution in [1.82, 2.24) is 20.4 Å². The Kier molecular flexibility index (Phi) is 3.49. The SMILES string of the molecule is CCc1cccnc1-c1noc(C(C)NC)n1. The second-order valence-corrected chi connectivity index (χ2v) is 3.83. The molecule has 0 spiro atoms. The molecule has 2 rings (SSSR count). The predicted octanol–water partition coefficient (Wildman–Crippen LogP) is 1.97. The minimum atomic E-state index is 0.0463. The van der Waals surface area contributed by atoms with E-state index in [-0.39, 0.29) is 6.04 Å². The van der Waals surface area contributed by atoms with Crippen LogP contribution in [0.2, 0.25) is 0 Å². The lowest BCUT2D eigenvalue weighted by atomic mass is 10.1. The molecular weight excluding hydrogens is 216 g/mol. The average molecular weight is 232 g/mol. The van der Waals surface area contributed by atoms with E-state index in [4.69, 9.17) is 4.52 Å². The van der Waals surface area contributed by atoms with Gasteiger partial charge in [0.2, 0.25) is 11.7 Å². The molecule has 1 unspecified atom stereocenters. The van der Waals surface area contributed by atoms with Crippen molar-refractivity contribution >= 4 is 0 Å². The standard InChI is InChI=1S/C12H16N4O/c1-4-9-6-5-7-14-10(9)11-15-12(17-16-11)8(2)13-3/h5-8,13H,4H2,1-3H3. The van der Waals surface area contributed by atoms with E-state index in [1.54, 1.807) is 6.20 Å². The number of hydrogen-bond donors (Lipinski definition) is 1. The molecule has 5 heteroatoms. The van der Waals surface area contributed by atoms with Gasteiger partial charge in [0.1, 0.15) is 5.69 Å². The van der Waals surface area contributed by atoms with Gasteiger partial charge in [-0.2, -0.15) is 4.98 Å². The smallest absolute Gasteiger partial charge is 0.243 e. The van der Waals surface area contributed by atoms with E-state index in [9.17, 15) is 0 Å². The summed E-state index contributed by atoms with van der Waals surface area (Å²) >= 11 is 0. The summed E-state index contributed by atoms with van der Waals surface area (Å²) in [5.74, 6) is 1.13. The first kappa shape index (κ1) is 11.7. The molecule has 0 aliphatic rings. The summed E-state index contributed by atoms with van der Waals surface area (Å²) in [6.45, 7) is 4.05. The minimum Gasteiger partial charge on any atom is -0.337 e. The highest BCUT2D eigenvalue weighted by Gasteiger charge is 2.15. The zero-order valence-corrected chi connectivity index (χ0v) is 10.3. The highest BCUT2D eigenvalue weighted by Crippen LogP contribution is 2.20. The summed E-state index contributed by atoms with van der Waals surface area (Å²) in [6, 6.07) is 3.99. The molecule has 0 aromatic carbocycles. The fourth-order valence-electron chi connectivity index (χ4n) is 1.56. The molecule has 0 aliphatic heterocycles. The Morgan fingerprint density at radius 2 is 2.29 bits per heavy atom. The molecule has 0 radical (unpaired) electrons. The van der Waals surface area contributed by atoms with Gasteiger partial charge >= 0.3 is 0 Å². The van der Waals surface area contributed by atoms with Crippen LogP contribution in [0.3, 0.4) is 0 Å². The van der Waals surface area contributed by atoms with Crippen molar-refractivity contribution in [3.05, 3.63) is 29.8 Å². The topological polar surface area (TPSA) is 63.8 Å². The maximum atomic E-state index is 5.21. The molecule has 2 aromatic rings. The molecule has 0 fully saturated rings. The lowest BCUT2D eigenvalue weighted by Gasteiger charge is -2.02. The first-order valence-corrected chi connectivity index (χ1v) is 5.71. The van der Waals surface area contributed by atoms with Crippen LogP contribution in [0.15, 0.2) is 22.9 Å². The largest absolute Gasteiger partial charge is 0.337 e. The Hall–Kier alpha value is -1.75. The summed E-state index contributed by atoms with van der Waals surface area (Å²) < 4.78 is 5.21. The molecule has 1 N–H and O–H groups in total. The Labute approximate surface area is 100 Å². The molecule has 90 valence electrons. The molecule has 17 heavy (non-hydrogen) atoms. The molecule has 0 bridgehead atoms. The lowest BCUT2D eigenvalue weighted by molar-refractivity contribution is 0.347. The highest BCUT2D eigenvalue weighted by molar-refractivity contribution is 5.53. The van der Waals surface area contributed by atoms with E-state index in [2.05, 4.69) is 27.4 Å². The first-order chi connectivity index (χ1) is 8.26. The fourth-order valence-corrected chi connectivity index (χ4v) is 1.56. The third-order valence-electron chi connectivity index (χ3n) is 2.73. The maximum absolute atomic E-state index is 5.21. The summed E-state index contributed by atoms with van der Waals surface area (Å²) in [5.41, 5.74) is 1.92. The van der Waals surface area contributed by atoms with Crippen molar-refractivity contribution in [2.24, 2.45) is 0 Å². The van der Waals surface area contributed by atoms with Gasteiger partial charge in [0.15, 0.2) is 0 Å². The number of aryl methyl sites for hydroxylation is 1. The summed E-state index contributed by atoms with van der Waals surface area (Å²) in [4.78, 5) is 8.67. The van der Waals surface area contributed by atoms with Crippen LogP contribution in [-0.4, -0.2) is 22.2 Å². The fraction of sp³-hybridized carbons (Fsp3) is 0.417. The summed E-state index contributed by atoms with van der Waals surface area (Å²) in [7, 11) is 1.85. The molecule has 2 aromatic heterocycles. The number of pyridine rings is 1. The van der Waals surface area contributed by atoms with Crippen LogP contribution >= 0.6 is 0 Å². The second-order valence-electron chi connectivity index (χ2n) is 3.83. The van der Waals surface area contributed by atoms with Crippen molar-refractivity contribution in [1.29, 1.82) is 0 Å². The average Bonchev–Trinajstić information content (AvgIpc) is 2.87. The van der Waals surface area contributed by atoms with Gasteiger partial charge in [0.25, 0.3) is 0 Å². The van der Waals surface area contributed by atoms with Crippen LogP contribution in [0, 0.1) is 0 Å². The Bertz CT molecular complexity index is 495. The molecule has 0 saturated carbocycles. The van der Waals surface area contributed by atoms with Crippen LogP contribution in [0.25, 0.3) is 11.5 Å². The van der Waals surface area contributed by atoms with Gasteiger partial charge < -0.3 is 9.84 Å². The number of nitrogens with zero attached hydrogens (tertiary/aromatic N) is 3. The number of rotatable bonds is 4. The lowest BCUT2D eigenvalue weighted by Crippen LogP contribution is -2.12. The van der Waals surface area contributed by atoms with E-state index in [0.717, 1.165) is 17.7 Å². The number of aromatic nitrogens is 3. The highest BCUT2D eigenvalue weighted by atomic mass is 16.5. The van der Waals surface area contributed by atoms with E-state index in [0.29, 0.717) is 11.7 Å². The molecule has 0 amide bonds. The third-order valence-corrected chi connectivity index (χ3v) is 2.73. The van der Waals surface area contributed by atoms with Gasteiger partial charge in [-0.05, 0) is 32.0 Å². The van der Waals surface area contributed by atoms with Crippen molar-refractivity contribution < 1.29 is 4.52 Å². The Balaban J connectivity index is 2.37. The van der Waals surface area contributed by atoms with Crippen LogP contribution in [0.1, 0.15) is 31.3 Å². The quantitative estimate of drug-likeness (QED) is 0.873. The van der Waals surface area contributed by atoms with Crippen LogP contribution in [-0.2, 0) is 6.42 Å².